The molecule has 7 heteroatoms. The van der Waals surface area contributed by atoms with Crippen molar-refractivity contribution in [3.05, 3.63) is 29.8 Å². The lowest BCUT2D eigenvalue weighted by Crippen LogP contribution is -2.48. The maximum atomic E-state index is 12.9. The van der Waals surface area contributed by atoms with E-state index < -0.39 is 0 Å². The first kappa shape index (κ1) is 19.0. The zero-order valence-corrected chi connectivity index (χ0v) is 15.8. The highest BCUT2D eigenvalue weighted by Gasteiger charge is 2.36. The summed E-state index contributed by atoms with van der Waals surface area (Å²) in [4.78, 5) is 26.6. The number of urea groups is 1. The van der Waals surface area contributed by atoms with E-state index in [0.29, 0.717) is 35.4 Å². The van der Waals surface area contributed by atoms with Gasteiger partial charge in [-0.2, -0.15) is 0 Å². The SMILES string of the molecule is CN(C(=O)c1cccc(NC(=O)NC2CC2)c1)C1CC2CCC(C1)N2.Cl. The number of rotatable bonds is 4. The number of amides is 3. The van der Waals surface area contributed by atoms with Gasteiger partial charge in [0.05, 0.1) is 0 Å². The van der Waals surface area contributed by atoms with Gasteiger partial charge in [0.15, 0.2) is 0 Å². The van der Waals surface area contributed by atoms with E-state index in [1.54, 1.807) is 6.07 Å². The molecule has 3 N–H and O–H groups in total. The van der Waals surface area contributed by atoms with Crippen molar-refractivity contribution in [2.75, 3.05) is 12.4 Å². The molecule has 6 nitrogen and oxygen atoms in total. The molecule has 4 rings (SSSR count). The number of nitrogens with one attached hydrogen (secondary N) is 3. The van der Waals surface area contributed by atoms with E-state index in [1.807, 2.05) is 30.1 Å². The predicted octanol–water partition coefficient (Wildman–Crippen LogP) is 2.75. The monoisotopic (exact) mass is 378 g/mol. The first-order chi connectivity index (χ1) is 12.1. The number of halogens is 1. The summed E-state index contributed by atoms with van der Waals surface area (Å²) in [5.41, 5.74) is 1.28. The van der Waals surface area contributed by atoms with Crippen LogP contribution in [-0.4, -0.2) is 48.1 Å². The fraction of sp³-hybridized carbons (Fsp3) is 0.579. The van der Waals surface area contributed by atoms with Crippen LogP contribution in [0.25, 0.3) is 0 Å². The molecule has 1 aliphatic carbocycles. The molecule has 2 heterocycles. The van der Waals surface area contributed by atoms with Crippen LogP contribution in [0.2, 0.25) is 0 Å². The maximum absolute atomic E-state index is 12.9. The molecule has 3 fully saturated rings. The molecular formula is C19H27ClN4O2. The van der Waals surface area contributed by atoms with Crippen LogP contribution in [0, 0.1) is 0 Å². The summed E-state index contributed by atoms with van der Waals surface area (Å²) < 4.78 is 0. The van der Waals surface area contributed by atoms with Crippen LogP contribution in [0.15, 0.2) is 24.3 Å². The van der Waals surface area contributed by atoms with Gasteiger partial charge in [-0.15, -0.1) is 12.4 Å². The highest BCUT2D eigenvalue weighted by atomic mass is 35.5. The maximum Gasteiger partial charge on any atom is 0.319 e. The van der Waals surface area contributed by atoms with Crippen molar-refractivity contribution in [1.29, 1.82) is 0 Å². The number of anilines is 1. The lowest BCUT2D eigenvalue weighted by Gasteiger charge is -2.35. The molecule has 2 bridgehead atoms. The van der Waals surface area contributed by atoms with Gasteiger partial charge in [-0.25, -0.2) is 4.79 Å². The number of carbonyl (C=O) groups is 2. The Hall–Kier alpha value is -1.79. The van der Waals surface area contributed by atoms with Crippen molar-refractivity contribution in [3.63, 3.8) is 0 Å². The van der Waals surface area contributed by atoms with E-state index in [-0.39, 0.29) is 24.3 Å². The average molecular weight is 379 g/mol. The van der Waals surface area contributed by atoms with Crippen molar-refractivity contribution >= 4 is 30.0 Å². The minimum atomic E-state index is -0.199. The molecule has 2 saturated heterocycles. The van der Waals surface area contributed by atoms with Crippen LogP contribution in [0.5, 0.6) is 0 Å². The Kier molecular flexibility index (Phi) is 5.73. The molecule has 1 aromatic carbocycles. The molecule has 26 heavy (non-hydrogen) atoms. The molecule has 2 aliphatic heterocycles. The van der Waals surface area contributed by atoms with Crippen LogP contribution in [0.1, 0.15) is 48.9 Å². The second-order valence-corrected chi connectivity index (χ2v) is 7.63. The second-order valence-electron chi connectivity index (χ2n) is 7.63. The van der Waals surface area contributed by atoms with Gasteiger partial charge in [0.1, 0.15) is 0 Å². The smallest absolute Gasteiger partial charge is 0.319 e. The van der Waals surface area contributed by atoms with Gasteiger partial charge in [0.2, 0.25) is 0 Å². The van der Waals surface area contributed by atoms with Gasteiger partial charge in [0.25, 0.3) is 5.91 Å². The summed E-state index contributed by atoms with van der Waals surface area (Å²) >= 11 is 0. The fourth-order valence-electron chi connectivity index (χ4n) is 4.02. The topological polar surface area (TPSA) is 73.5 Å². The lowest BCUT2D eigenvalue weighted by molar-refractivity contribution is 0.0681. The van der Waals surface area contributed by atoms with Gasteiger partial charge in [-0.05, 0) is 56.7 Å². The number of benzene rings is 1. The number of nitrogens with zero attached hydrogens (tertiary/aromatic N) is 1. The molecule has 3 amide bonds. The minimum Gasteiger partial charge on any atom is -0.339 e. The Labute approximate surface area is 160 Å². The lowest BCUT2D eigenvalue weighted by atomic mass is 9.98. The number of carbonyl (C=O) groups excluding carboxylic acids is 2. The number of hydrogen-bond acceptors (Lipinski definition) is 3. The number of fused-ring (bicyclic) bond motifs is 2. The number of hydrogen-bond donors (Lipinski definition) is 3. The van der Waals surface area contributed by atoms with Gasteiger partial charge < -0.3 is 20.9 Å². The van der Waals surface area contributed by atoms with E-state index in [1.165, 1.54) is 12.8 Å². The van der Waals surface area contributed by atoms with Crippen molar-refractivity contribution < 1.29 is 9.59 Å². The zero-order chi connectivity index (χ0) is 17.4. The molecule has 0 aromatic heterocycles. The Morgan fingerprint density at radius 1 is 1.12 bits per heavy atom. The first-order valence-electron chi connectivity index (χ1n) is 9.29. The largest absolute Gasteiger partial charge is 0.339 e. The van der Waals surface area contributed by atoms with Crippen molar-refractivity contribution in [1.82, 2.24) is 15.5 Å². The third-order valence-electron chi connectivity index (χ3n) is 5.60. The van der Waals surface area contributed by atoms with Crippen molar-refractivity contribution in [2.45, 2.75) is 62.7 Å². The summed E-state index contributed by atoms with van der Waals surface area (Å²) in [6, 6.07) is 8.73. The van der Waals surface area contributed by atoms with Crippen LogP contribution in [-0.2, 0) is 0 Å². The summed E-state index contributed by atoms with van der Waals surface area (Å²) in [6.07, 6.45) is 6.60. The molecular weight excluding hydrogens is 352 g/mol. The molecule has 2 unspecified atom stereocenters. The van der Waals surface area contributed by atoms with Gasteiger partial charge in [-0.3, -0.25) is 4.79 Å². The molecule has 2 atom stereocenters. The van der Waals surface area contributed by atoms with Gasteiger partial charge >= 0.3 is 6.03 Å². The van der Waals surface area contributed by atoms with E-state index in [0.717, 1.165) is 25.7 Å². The molecule has 0 spiro atoms. The van der Waals surface area contributed by atoms with Gasteiger partial charge in [-0.1, -0.05) is 6.07 Å². The Balaban J connectivity index is 0.00000196. The Bertz CT molecular complexity index is 667. The van der Waals surface area contributed by atoms with Crippen LogP contribution >= 0.6 is 12.4 Å². The minimum absolute atomic E-state index is 0. The molecule has 1 aromatic rings. The normalized spacial score (nSPS) is 26.6. The van der Waals surface area contributed by atoms with E-state index in [4.69, 9.17) is 0 Å². The van der Waals surface area contributed by atoms with Crippen LogP contribution in [0.3, 0.4) is 0 Å². The molecule has 142 valence electrons. The fourth-order valence-corrected chi connectivity index (χ4v) is 4.02. The Morgan fingerprint density at radius 3 is 2.46 bits per heavy atom. The summed E-state index contributed by atoms with van der Waals surface area (Å²) in [6.45, 7) is 0. The third-order valence-corrected chi connectivity index (χ3v) is 5.60. The summed E-state index contributed by atoms with van der Waals surface area (Å²) in [5, 5.41) is 9.32. The molecule has 1 saturated carbocycles. The highest BCUT2D eigenvalue weighted by molar-refractivity contribution is 5.97. The quantitative estimate of drug-likeness (QED) is 0.754. The van der Waals surface area contributed by atoms with Crippen molar-refractivity contribution in [2.24, 2.45) is 0 Å². The first-order valence-corrected chi connectivity index (χ1v) is 9.29. The number of piperidine rings is 1. The van der Waals surface area contributed by atoms with Crippen molar-refractivity contribution in [3.8, 4) is 0 Å². The van der Waals surface area contributed by atoms with E-state index in [2.05, 4.69) is 16.0 Å². The highest BCUT2D eigenvalue weighted by Crippen LogP contribution is 2.30. The molecule has 3 aliphatic rings. The average Bonchev–Trinajstić information content (AvgIpc) is 3.36. The summed E-state index contributed by atoms with van der Waals surface area (Å²) in [7, 11) is 1.90. The van der Waals surface area contributed by atoms with E-state index in [9.17, 15) is 9.59 Å². The Morgan fingerprint density at radius 2 is 1.81 bits per heavy atom. The van der Waals surface area contributed by atoms with Gasteiger partial charge in [0, 0.05) is 42.5 Å². The molecule has 0 radical (unpaired) electrons. The third kappa shape index (κ3) is 4.30. The summed E-state index contributed by atoms with van der Waals surface area (Å²) in [5.74, 6) is 0.0255. The van der Waals surface area contributed by atoms with E-state index >= 15 is 0 Å². The standard InChI is InChI=1S/C19H26N4O2.ClH/c1-23(17-10-15-7-8-16(11-17)20-15)18(24)12-3-2-4-14(9-12)22-19(25)21-13-5-6-13;/h2-4,9,13,15-17,20H,5-8,10-11H2,1H3,(H2,21,22,25);1H. The van der Waals surface area contributed by atoms with Crippen LogP contribution < -0.4 is 16.0 Å². The zero-order valence-electron chi connectivity index (χ0n) is 15.0. The second kappa shape index (κ2) is 7.84. The predicted molar refractivity (Wildman–Crippen MR) is 104 cm³/mol. The van der Waals surface area contributed by atoms with Crippen LogP contribution in [0.4, 0.5) is 10.5 Å².